The van der Waals surface area contributed by atoms with Gasteiger partial charge in [-0.05, 0) is 93.9 Å². The summed E-state index contributed by atoms with van der Waals surface area (Å²) in [4.78, 5) is -1.50. The number of hydrogen-bond donors (Lipinski definition) is 0. The predicted octanol–water partition coefficient (Wildman–Crippen LogP) is 9.60. The minimum absolute atomic E-state index is 0.154. The van der Waals surface area contributed by atoms with E-state index >= 15 is 0 Å². The van der Waals surface area contributed by atoms with Crippen molar-refractivity contribution in [3.05, 3.63) is 46.6 Å². The van der Waals surface area contributed by atoms with Crippen molar-refractivity contribution in [2.75, 3.05) is 27.4 Å². The van der Waals surface area contributed by atoms with E-state index in [4.69, 9.17) is 18.1 Å². The minimum Gasteiger partial charge on any atom is -0.311 e. The molecule has 0 aliphatic carbocycles. The van der Waals surface area contributed by atoms with Crippen molar-refractivity contribution in [1.82, 2.24) is 0 Å². The van der Waals surface area contributed by atoms with Crippen molar-refractivity contribution < 1.29 is 27.2 Å². The van der Waals surface area contributed by atoms with E-state index in [2.05, 4.69) is 32.9 Å². The molecule has 0 aliphatic heterocycles. The smallest absolute Gasteiger partial charge is 0.311 e. The first-order chi connectivity index (χ1) is 16.4. The summed E-state index contributed by atoms with van der Waals surface area (Å²) in [6.07, 6.45) is 12.6. The van der Waals surface area contributed by atoms with Gasteiger partial charge in [-0.15, -0.1) is 0 Å². The van der Waals surface area contributed by atoms with Gasteiger partial charge in [0.15, 0.2) is 4.90 Å². The molecule has 1 unspecified atom stereocenters. The summed E-state index contributed by atoms with van der Waals surface area (Å²) in [6.45, 7) is 16.1. The maximum atomic E-state index is 14.2. The Kier molecular flexibility index (Phi) is 16.5. The number of rotatable bonds is 18. The van der Waals surface area contributed by atoms with Crippen LogP contribution in [-0.2, 0) is 27.2 Å². The maximum absolute atomic E-state index is 14.2. The van der Waals surface area contributed by atoms with Crippen molar-refractivity contribution in [2.24, 2.45) is 0 Å². The fourth-order valence-electron chi connectivity index (χ4n) is 3.76. The zero-order valence-electron chi connectivity index (χ0n) is 23.8. The van der Waals surface area contributed by atoms with Crippen molar-refractivity contribution in [2.45, 2.75) is 98.8 Å². The molecule has 204 valence electrons. The Morgan fingerprint density at radius 1 is 0.657 bits per heavy atom. The zero-order chi connectivity index (χ0) is 27.1. The molecular weight excluding hydrogens is 482 g/mol. The molecule has 0 amide bonds. The molecule has 6 nitrogen and oxygen atoms in total. The van der Waals surface area contributed by atoms with Gasteiger partial charge in [0.25, 0.3) is 0 Å². The molecule has 0 heterocycles. The summed E-state index contributed by atoms with van der Waals surface area (Å²) in [6, 6.07) is 0. The van der Waals surface area contributed by atoms with Gasteiger partial charge in [0.1, 0.15) is 0 Å². The highest BCUT2D eigenvalue weighted by atomic mass is 31.2. The van der Waals surface area contributed by atoms with Crippen LogP contribution in [-0.4, -0.2) is 32.3 Å². The summed E-state index contributed by atoms with van der Waals surface area (Å²) in [7, 11) is -5.16. The van der Waals surface area contributed by atoms with Crippen molar-refractivity contribution >= 4 is 15.2 Å². The third-order valence-electron chi connectivity index (χ3n) is 5.84. The molecule has 0 aromatic carbocycles. The Hall–Kier alpha value is -0.740. The Balaban J connectivity index is 6.14. The third kappa shape index (κ3) is 10.6. The van der Waals surface area contributed by atoms with E-state index in [0.717, 1.165) is 36.8 Å². The molecule has 35 heavy (non-hydrogen) atoms. The van der Waals surface area contributed by atoms with E-state index in [1.807, 2.05) is 32.9 Å². The van der Waals surface area contributed by atoms with Gasteiger partial charge in [-0.2, -0.15) is 0 Å². The highest BCUT2D eigenvalue weighted by Gasteiger charge is 2.63. The highest BCUT2D eigenvalue weighted by molar-refractivity contribution is 7.74. The first-order valence-corrected chi connectivity index (χ1v) is 15.6. The first kappa shape index (κ1) is 34.3. The van der Waals surface area contributed by atoms with Crippen LogP contribution in [0.2, 0.25) is 0 Å². The quantitative estimate of drug-likeness (QED) is 0.129. The van der Waals surface area contributed by atoms with Gasteiger partial charge in [-0.1, -0.05) is 46.6 Å². The lowest BCUT2D eigenvalue weighted by Crippen LogP contribution is -2.32. The van der Waals surface area contributed by atoms with Crippen LogP contribution in [0.3, 0.4) is 0 Å². The lowest BCUT2D eigenvalue weighted by molar-refractivity contribution is 0.192. The summed E-state index contributed by atoms with van der Waals surface area (Å²) >= 11 is 0. The lowest BCUT2D eigenvalue weighted by Gasteiger charge is -2.40. The molecule has 0 saturated heterocycles. The molecule has 0 radical (unpaired) electrons. The monoisotopic (exact) mass is 532 g/mol. The Labute approximate surface area is 215 Å². The van der Waals surface area contributed by atoms with E-state index in [1.165, 1.54) is 25.4 Å². The van der Waals surface area contributed by atoms with Crippen LogP contribution in [0.1, 0.15) is 93.9 Å². The average molecular weight is 533 g/mol. The van der Waals surface area contributed by atoms with Crippen LogP contribution < -0.4 is 0 Å². The van der Waals surface area contributed by atoms with Crippen LogP contribution in [0.4, 0.5) is 0 Å². The molecular formula is C27H50O6P2. The van der Waals surface area contributed by atoms with Crippen LogP contribution in [0.5, 0.6) is 0 Å². The Morgan fingerprint density at radius 2 is 1.09 bits per heavy atom. The minimum atomic E-state index is -3.91. The first-order valence-electron chi connectivity index (χ1n) is 12.6. The molecule has 0 aromatic rings. The van der Waals surface area contributed by atoms with E-state index in [9.17, 15) is 9.13 Å². The summed E-state index contributed by atoms with van der Waals surface area (Å²) in [5.41, 5.74) is 4.82. The van der Waals surface area contributed by atoms with E-state index < -0.39 is 20.1 Å². The standard InChI is InChI=1S/C27H50O6P2/c1-11-32-35(29,33-12-2)27(21-19-24(5)6,34(28,30-9)31-10)22-20-26(8)18-14-17-25(7)16-13-15-23(3)4/h15,17,19-20H,11-14,16,18,21-22H2,1-10H3/b25-17+,26-20+. The Morgan fingerprint density at radius 3 is 1.51 bits per heavy atom. The van der Waals surface area contributed by atoms with Gasteiger partial charge in [-0.3, -0.25) is 9.13 Å². The van der Waals surface area contributed by atoms with Gasteiger partial charge in [0, 0.05) is 14.2 Å². The topological polar surface area (TPSA) is 71.1 Å². The summed E-state index contributed by atoms with van der Waals surface area (Å²) in [5.74, 6) is 0. The summed E-state index contributed by atoms with van der Waals surface area (Å²) in [5, 5.41) is 0. The molecule has 1 atom stereocenters. The molecule has 0 fully saturated rings. The number of hydrogen-bond acceptors (Lipinski definition) is 6. The SMILES string of the molecule is CCOP(=O)(OCC)C(CC=C(C)C)(C/C=C(\C)CC/C=C(\C)CCC=C(C)C)P(=O)(OC)OC. The normalized spacial score (nSPS) is 15.0. The molecule has 0 N–H and O–H groups in total. The van der Waals surface area contributed by atoms with Crippen molar-refractivity contribution in [1.29, 1.82) is 0 Å². The van der Waals surface area contributed by atoms with Crippen LogP contribution in [0.25, 0.3) is 0 Å². The van der Waals surface area contributed by atoms with Gasteiger partial charge in [0.2, 0.25) is 0 Å². The van der Waals surface area contributed by atoms with Crippen LogP contribution in [0, 0.1) is 0 Å². The second-order valence-corrected chi connectivity index (χ2v) is 14.6. The van der Waals surface area contributed by atoms with Crippen molar-refractivity contribution in [3.8, 4) is 0 Å². The average Bonchev–Trinajstić information content (AvgIpc) is 2.78. The van der Waals surface area contributed by atoms with E-state index in [0.29, 0.717) is 0 Å². The molecule has 0 spiro atoms. The lowest BCUT2D eigenvalue weighted by atomic mass is 10.0. The molecule has 0 aliphatic rings. The van der Waals surface area contributed by atoms with E-state index in [-0.39, 0.29) is 26.1 Å². The maximum Gasteiger partial charge on any atom is 0.349 e. The zero-order valence-corrected chi connectivity index (χ0v) is 25.6. The fraction of sp³-hybridized carbons (Fsp3) is 0.704. The van der Waals surface area contributed by atoms with E-state index in [1.54, 1.807) is 13.8 Å². The molecule has 8 heteroatoms. The van der Waals surface area contributed by atoms with Gasteiger partial charge in [0.05, 0.1) is 13.2 Å². The molecule has 0 saturated carbocycles. The second-order valence-electron chi connectivity index (χ2n) is 9.33. The fourth-order valence-corrected chi connectivity index (χ4v) is 9.12. The summed E-state index contributed by atoms with van der Waals surface area (Å²) < 4.78 is 50.6. The second kappa shape index (κ2) is 16.9. The molecule has 0 bridgehead atoms. The van der Waals surface area contributed by atoms with Gasteiger partial charge >= 0.3 is 15.2 Å². The number of allylic oxidation sites excluding steroid dienone is 8. The molecule has 0 aromatic heterocycles. The van der Waals surface area contributed by atoms with Gasteiger partial charge < -0.3 is 18.1 Å². The van der Waals surface area contributed by atoms with Crippen molar-refractivity contribution in [3.63, 3.8) is 0 Å². The van der Waals surface area contributed by atoms with Gasteiger partial charge in [-0.25, -0.2) is 0 Å². The largest absolute Gasteiger partial charge is 0.349 e. The predicted molar refractivity (Wildman–Crippen MR) is 149 cm³/mol. The molecule has 0 rings (SSSR count). The Bertz CT molecular complexity index is 830. The highest BCUT2D eigenvalue weighted by Crippen LogP contribution is 2.80. The third-order valence-corrected chi connectivity index (χ3v) is 12.2. The van der Waals surface area contributed by atoms with Crippen LogP contribution >= 0.6 is 15.2 Å². The van der Waals surface area contributed by atoms with Crippen LogP contribution in [0.15, 0.2) is 46.6 Å².